The Labute approximate surface area is 152 Å². The summed E-state index contributed by atoms with van der Waals surface area (Å²) >= 11 is 0. The molecule has 2 aromatic heterocycles. The van der Waals surface area contributed by atoms with Gasteiger partial charge in [-0.1, -0.05) is 30.3 Å². The van der Waals surface area contributed by atoms with Gasteiger partial charge < -0.3 is 15.0 Å². The van der Waals surface area contributed by atoms with E-state index in [-0.39, 0.29) is 0 Å². The summed E-state index contributed by atoms with van der Waals surface area (Å²) in [4.78, 5) is 9.12. The molecule has 0 atom stereocenters. The average Bonchev–Trinajstić information content (AvgIpc) is 3.04. The van der Waals surface area contributed by atoms with Crippen LogP contribution in [0.5, 0.6) is 5.75 Å². The highest BCUT2D eigenvalue weighted by Gasteiger charge is 2.10. The molecule has 0 amide bonds. The molecule has 0 saturated carbocycles. The minimum absolute atomic E-state index is 0.514. The molecule has 2 heterocycles. The lowest BCUT2D eigenvalue weighted by Crippen LogP contribution is -2.06. The number of ether oxygens (including phenoxy) is 1. The average molecular weight is 344 g/mol. The van der Waals surface area contributed by atoms with Crippen molar-refractivity contribution in [1.29, 1.82) is 0 Å². The summed E-state index contributed by atoms with van der Waals surface area (Å²) in [5.41, 5.74) is 11.4. The summed E-state index contributed by atoms with van der Waals surface area (Å²) in [5, 5.41) is 0. The Hall–Kier alpha value is -3.34. The van der Waals surface area contributed by atoms with Gasteiger partial charge in [0.1, 0.15) is 18.1 Å². The standard InChI is InChI=1S/C21H20N4O/c1-15-7-10-21(26-13-16-5-3-2-4-6-16)19(24-15)12-25-14-23-18-11-17(22)8-9-20(18)25/h2-11,14H,12-13,22H2,1H3. The van der Waals surface area contributed by atoms with E-state index < -0.39 is 0 Å². The molecule has 0 bridgehead atoms. The third-order valence-electron chi connectivity index (χ3n) is 4.27. The fourth-order valence-electron chi connectivity index (χ4n) is 2.95. The number of rotatable bonds is 5. The normalized spacial score (nSPS) is 11.0. The van der Waals surface area contributed by atoms with E-state index in [1.54, 1.807) is 0 Å². The summed E-state index contributed by atoms with van der Waals surface area (Å²) in [6, 6.07) is 19.8. The van der Waals surface area contributed by atoms with E-state index in [1.807, 2.05) is 61.8 Å². The molecule has 0 fully saturated rings. The van der Waals surface area contributed by atoms with E-state index in [4.69, 9.17) is 10.5 Å². The molecule has 130 valence electrons. The lowest BCUT2D eigenvalue weighted by molar-refractivity contribution is 0.300. The molecule has 0 radical (unpaired) electrons. The number of fused-ring (bicyclic) bond motifs is 1. The van der Waals surface area contributed by atoms with Crippen LogP contribution in [0.2, 0.25) is 0 Å². The lowest BCUT2D eigenvalue weighted by atomic mass is 10.2. The predicted octanol–water partition coefficient (Wildman–Crippen LogP) is 3.95. The van der Waals surface area contributed by atoms with Gasteiger partial charge in [0.2, 0.25) is 0 Å². The Morgan fingerprint density at radius 3 is 2.73 bits per heavy atom. The molecule has 0 aliphatic rings. The third kappa shape index (κ3) is 3.37. The van der Waals surface area contributed by atoms with Gasteiger partial charge in [0, 0.05) is 11.4 Å². The van der Waals surface area contributed by atoms with Crippen LogP contribution in [0.15, 0.2) is 67.0 Å². The molecule has 0 aliphatic heterocycles. The van der Waals surface area contributed by atoms with Crippen molar-refractivity contribution in [2.45, 2.75) is 20.1 Å². The molecule has 2 aromatic carbocycles. The molecule has 0 saturated heterocycles. The van der Waals surface area contributed by atoms with Crippen LogP contribution in [0.3, 0.4) is 0 Å². The number of nitrogen functional groups attached to an aromatic ring is 1. The van der Waals surface area contributed by atoms with Crippen LogP contribution in [-0.2, 0) is 13.2 Å². The second kappa shape index (κ2) is 6.88. The van der Waals surface area contributed by atoms with E-state index in [2.05, 4.69) is 26.7 Å². The Morgan fingerprint density at radius 1 is 1.04 bits per heavy atom. The smallest absolute Gasteiger partial charge is 0.143 e. The van der Waals surface area contributed by atoms with Crippen molar-refractivity contribution in [2.24, 2.45) is 0 Å². The molecule has 0 unspecified atom stereocenters. The number of aryl methyl sites for hydroxylation is 1. The highest BCUT2D eigenvalue weighted by Crippen LogP contribution is 2.22. The van der Waals surface area contributed by atoms with Crippen LogP contribution in [0.4, 0.5) is 5.69 Å². The second-order valence-corrected chi connectivity index (χ2v) is 6.29. The predicted molar refractivity (Wildman–Crippen MR) is 103 cm³/mol. The number of aromatic nitrogens is 3. The molecule has 5 heteroatoms. The van der Waals surface area contributed by atoms with E-state index in [0.717, 1.165) is 33.7 Å². The number of hydrogen-bond acceptors (Lipinski definition) is 4. The summed E-state index contributed by atoms with van der Waals surface area (Å²) in [6.45, 7) is 3.09. The first-order valence-electron chi connectivity index (χ1n) is 8.53. The summed E-state index contributed by atoms with van der Waals surface area (Å²) < 4.78 is 8.10. The summed E-state index contributed by atoms with van der Waals surface area (Å²) in [6.07, 6.45) is 1.81. The summed E-state index contributed by atoms with van der Waals surface area (Å²) in [7, 11) is 0. The van der Waals surface area contributed by atoms with Gasteiger partial charge in [-0.05, 0) is 42.8 Å². The van der Waals surface area contributed by atoms with E-state index in [1.165, 1.54) is 0 Å². The Kier molecular flexibility index (Phi) is 4.27. The van der Waals surface area contributed by atoms with Crippen molar-refractivity contribution in [3.05, 3.63) is 83.9 Å². The minimum atomic E-state index is 0.514. The second-order valence-electron chi connectivity index (χ2n) is 6.29. The van der Waals surface area contributed by atoms with Gasteiger partial charge in [0.15, 0.2) is 0 Å². The van der Waals surface area contributed by atoms with Crippen LogP contribution in [-0.4, -0.2) is 14.5 Å². The molecule has 5 nitrogen and oxygen atoms in total. The maximum absolute atomic E-state index is 6.04. The zero-order chi connectivity index (χ0) is 17.9. The largest absolute Gasteiger partial charge is 0.487 e. The van der Waals surface area contributed by atoms with Crippen LogP contribution in [0, 0.1) is 6.92 Å². The van der Waals surface area contributed by atoms with Gasteiger partial charge >= 0.3 is 0 Å². The molecule has 4 rings (SSSR count). The van der Waals surface area contributed by atoms with Crippen molar-refractivity contribution in [2.75, 3.05) is 5.73 Å². The molecular formula is C21H20N4O. The van der Waals surface area contributed by atoms with Gasteiger partial charge in [-0.15, -0.1) is 0 Å². The number of benzene rings is 2. The summed E-state index contributed by atoms with van der Waals surface area (Å²) in [5.74, 6) is 0.789. The van der Waals surface area contributed by atoms with Gasteiger partial charge in [-0.2, -0.15) is 0 Å². The number of hydrogen-bond donors (Lipinski definition) is 1. The van der Waals surface area contributed by atoms with E-state index in [0.29, 0.717) is 18.8 Å². The van der Waals surface area contributed by atoms with Gasteiger partial charge in [0.25, 0.3) is 0 Å². The van der Waals surface area contributed by atoms with Gasteiger partial charge in [-0.25, -0.2) is 4.98 Å². The number of imidazole rings is 1. The van der Waals surface area contributed by atoms with Gasteiger partial charge in [0.05, 0.1) is 23.9 Å². The molecule has 0 spiro atoms. The van der Waals surface area contributed by atoms with E-state index in [9.17, 15) is 0 Å². The number of nitrogens with two attached hydrogens (primary N) is 1. The fraction of sp³-hybridized carbons (Fsp3) is 0.143. The Bertz CT molecular complexity index is 1040. The van der Waals surface area contributed by atoms with Gasteiger partial charge in [-0.3, -0.25) is 4.98 Å². The highest BCUT2D eigenvalue weighted by molar-refractivity contribution is 5.79. The first-order chi connectivity index (χ1) is 12.7. The first kappa shape index (κ1) is 16.1. The van der Waals surface area contributed by atoms with Crippen LogP contribution < -0.4 is 10.5 Å². The lowest BCUT2D eigenvalue weighted by Gasteiger charge is -2.13. The molecule has 4 aromatic rings. The maximum atomic E-state index is 6.04. The topological polar surface area (TPSA) is 66.0 Å². The molecule has 2 N–H and O–H groups in total. The molecule has 0 aliphatic carbocycles. The Morgan fingerprint density at radius 2 is 1.88 bits per heavy atom. The van der Waals surface area contributed by atoms with Crippen molar-refractivity contribution in [3.8, 4) is 5.75 Å². The number of anilines is 1. The SMILES string of the molecule is Cc1ccc(OCc2ccccc2)c(Cn2cnc3cc(N)ccc32)n1. The maximum Gasteiger partial charge on any atom is 0.143 e. The van der Waals surface area contributed by atoms with Crippen LogP contribution in [0.25, 0.3) is 11.0 Å². The zero-order valence-corrected chi connectivity index (χ0v) is 14.6. The number of pyridine rings is 1. The number of nitrogens with zero attached hydrogens (tertiary/aromatic N) is 3. The monoisotopic (exact) mass is 344 g/mol. The molecular weight excluding hydrogens is 324 g/mol. The van der Waals surface area contributed by atoms with Crippen LogP contribution in [0.1, 0.15) is 17.0 Å². The first-order valence-corrected chi connectivity index (χ1v) is 8.53. The minimum Gasteiger partial charge on any atom is -0.487 e. The van der Waals surface area contributed by atoms with Crippen LogP contribution >= 0.6 is 0 Å². The molecule has 26 heavy (non-hydrogen) atoms. The quantitative estimate of drug-likeness (QED) is 0.557. The van der Waals surface area contributed by atoms with Crippen molar-refractivity contribution < 1.29 is 4.74 Å². The fourth-order valence-corrected chi connectivity index (χ4v) is 2.95. The zero-order valence-electron chi connectivity index (χ0n) is 14.6. The van der Waals surface area contributed by atoms with Crippen molar-refractivity contribution >= 4 is 16.7 Å². The highest BCUT2D eigenvalue weighted by atomic mass is 16.5. The Balaban J connectivity index is 1.61. The third-order valence-corrected chi connectivity index (χ3v) is 4.27. The van der Waals surface area contributed by atoms with Crippen molar-refractivity contribution in [3.63, 3.8) is 0 Å². The van der Waals surface area contributed by atoms with E-state index >= 15 is 0 Å². The van der Waals surface area contributed by atoms with Crippen molar-refractivity contribution in [1.82, 2.24) is 14.5 Å².